The lowest BCUT2D eigenvalue weighted by Crippen LogP contribution is -2.64. The number of benzene rings is 2. The van der Waals surface area contributed by atoms with Crippen LogP contribution >= 0.6 is 11.6 Å². The summed E-state index contributed by atoms with van der Waals surface area (Å²) >= 11 is 6.40. The number of nitrogens with one attached hydrogen (secondary N) is 1. The molecule has 0 bridgehead atoms. The van der Waals surface area contributed by atoms with E-state index in [1.165, 1.54) is 4.90 Å². The van der Waals surface area contributed by atoms with E-state index in [0.717, 1.165) is 42.6 Å². The summed E-state index contributed by atoms with van der Waals surface area (Å²) in [5.74, 6) is 0. The Morgan fingerprint density at radius 2 is 1.54 bits per heavy atom. The van der Waals surface area contributed by atoms with E-state index in [1.807, 2.05) is 30.3 Å². The van der Waals surface area contributed by atoms with Gasteiger partial charge in [0.05, 0.1) is 16.6 Å². The van der Waals surface area contributed by atoms with E-state index in [4.69, 9.17) is 11.6 Å². The van der Waals surface area contributed by atoms with Gasteiger partial charge in [-0.05, 0) is 30.3 Å². The van der Waals surface area contributed by atoms with Crippen molar-refractivity contribution in [3.8, 4) is 0 Å². The number of urea groups is 1. The summed E-state index contributed by atoms with van der Waals surface area (Å²) in [6, 6.07) is 10.1. The number of rotatable bonds is 4. The van der Waals surface area contributed by atoms with Crippen LogP contribution in [0, 0.1) is 0 Å². The second-order valence-electron chi connectivity index (χ2n) is 9.73. The number of pyridine rings is 1. The number of para-hydroxylation sites is 1. The number of amides is 2. The number of anilines is 1. The Morgan fingerprint density at radius 3 is 2.15 bits per heavy atom. The first-order valence-corrected chi connectivity index (χ1v) is 12.6. The van der Waals surface area contributed by atoms with Crippen LogP contribution in [0.15, 0.2) is 48.5 Å². The zero-order valence-electron chi connectivity index (χ0n) is 20.5. The van der Waals surface area contributed by atoms with Crippen molar-refractivity contribution in [2.75, 3.05) is 44.6 Å². The summed E-state index contributed by atoms with van der Waals surface area (Å²) in [6.07, 6.45) is -9.97. The van der Waals surface area contributed by atoms with Gasteiger partial charge >= 0.3 is 18.4 Å². The van der Waals surface area contributed by atoms with E-state index in [9.17, 15) is 31.1 Å². The summed E-state index contributed by atoms with van der Waals surface area (Å²) in [4.78, 5) is 22.9. The molecule has 2 aliphatic heterocycles. The van der Waals surface area contributed by atoms with Gasteiger partial charge in [-0.2, -0.15) is 26.3 Å². The van der Waals surface area contributed by atoms with Crippen molar-refractivity contribution in [1.82, 2.24) is 19.7 Å². The lowest BCUT2D eigenvalue weighted by Gasteiger charge is -2.48. The highest BCUT2D eigenvalue weighted by atomic mass is 35.5. The topological polar surface area (TPSA) is 51.7 Å². The fourth-order valence-electron chi connectivity index (χ4n) is 4.86. The molecule has 13 heteroatoms. The molecule has 3 heterocycles. The van der Waals surface area contributed by atoms with Crippen molar-refractivity contribution in [3.05, 3.63) is 70.4 Å². The van der Waals surface area contributed by atoms with Gasteiger partial charge in [0.15, 0.2) is 0 Å². The van der Waals surface area contributed by atoms with Crippen molar-refractivity contribution >= 4 is 34.2 Å². The van der Waals surface area contributed by atoms with Gasteiger partial charge in [0.25, 0.3) is 0 Å². The van der Waals surface area contributed by atoms with Crippen LogP contribution in [-0.2, 0) is 18.9 Å². The molecule has 0 unspecified atom stereocenters. The van der Waals surface area contributed by atoms with Crippen LogP contribution in [0.2, 0.25) is 5.15 Å². The van der Waals surface area contributed by atoms with E-state index in [0.29, 0.717) is 36.9 Å². The Morgan fingerprint density at radius 1 is 0.923 bits per heavy atom. The monoisotopic (exact) mass is 571 g/mol. The molecule has 5 rings (SSSR count). The van der Waals surface area contributed by atoms with Crippen LogP contribution in [0.1, 0.15) is 16.7 Å². The zero-order chi connectivity index (χ0) is 27.9. The predicted octanol–water partition coefficient (Wildman–Crippen LogP) is 5.96. The van der Waals surface area contributed by atoms with Gasteiger partial charge in [-0.25, -0.2) is 9.78 Å². The summed E-state index contributed by atoms with van der Waals surface area (Å²) in [5.41, 5.74) is -1.73. The summed E-state index contributed by atoms with van der Waals surface area (Å²) in [7, 11) is 0. The molecule has 2 aliphatic rings. The minimum absolute atomic E-state index is 0.0272. The van der Waals surface area contributed by atoms with Crippen molar-refractivity contribution < 1.29 is 31.1 Å². The zero-order valence-corrected chi connectivity index (χ0v) is 21.2. The Bertz CT molecular complexity index is 1330. The van der Waals surface area contributed by atoms with Crippen LogP contribution in [0.25, 0.3) is 10.9 Å². The Balaban J connectivity index is 1.13. The molecule has 6 nitrogen and oxygen atoms in total. The first kappa shape index (κ1) is 27.5. The third-order valence-corrected chi connectivity index (χ3v) is 7.38. The molecule has 0 saturated carbocycles. The fraction of sp³-hybridized carbons (Fsp3) is 0.385. The Labute approximate surface area is 225 Å². The lowest BCUT2D eigenvalue weighted by atomic mass is 10.1. The smallest absolute Gasteiger partial charge is 0.321 e. The number of hydrogen-bond donors (Lipinski definition) is 1. The normalized spacial score (nSPS) is 17.9. The highest BCUT2D eigenvalue weighted by Gasteiger charge is 2.39. The van der Waals surface area contributed by atoms with Crippen LogP contribution in [0.5, 0.6) is 0 Å². The molecule has 2 fully saturated rings. The van der Waals surface area contributed by atoms with Crippen molar-refractivity contribution in [3.63, 3.8) is 0 Å². The summed E-state index contributed by atoms with van der Waals surface area (Å²) < 4.78 is 78.5. The standard InChI is InChI=1S/C26H24ClF6N5O/c27-23-17(9-16-3-1-2-4-22(16)35-23)13-36-5-7-37(8-6-36)21-14-38(15-21)24(39)34-20-11-18(25(28,29)30)10-19(12-20)26(31,32)33/h1-4,9-12,21H,5-8,13-15H2,(H,34,39). The highest BCUT2D eigenvalue weighted by molar-refractivity contribution is 6.30. The predicted molar refractivity (Wildman–Crippen MR) is 134 cm³/mol. The molecule has 1 N–H and O–H groups in total. The molecule has 0 aliphatic carbocycles. The molecular formula is C26H24ClF6N5O. The largest absolute Gasteiger partial charge is 0.416 e. The Kier molecular flexibility index (Phi) is 7.38. The van der Waals surface area contributed by atoms with Crippen LogP contribution in [0.4, 0.5) is 36.8 Å². The third kappa shape index (κ3) is 6.23. The van der Waals surface area contributed by atoms with Gasteiger partial charge in [-0.15, -0.1) is 0 Å². The van der Waals surface area contributed by atoms with Gasteiger partial charge in [0, 0.05) is 68.5 Å². The number of likely N-dealkylation sites (tertiary alicyclic amines) is 1. The molecule has 3 aromatic rings. The van der Waals surface area contributed by atoms with E-state index < -0.39 is 35.2 Å². The number of nitrogens with zero attached hydrogens (tertiary/aromatic N) is 4. The number of piperazine rings is 1. The number of hydrogen-bond acceptors (Lipinski definition) is 4. The highest BCUT2D eigenvalue weighted by Crippen LogP contribution is 2.37. The quantitative estimate of drug-likeness (QED) is 0.310. The fourth-order valence-corrected chi connectivity index (χ4v) is 5.06. The van der Waals surface area contributed by atoms with Gasteiger partial charge in [0.2, 0.25) is 0 Å². The van der Waals surface area contributed by atoms with Crippen LogP contribution in [-0.4, -0.2) is 71.0 Å². The Hall–Kier alpha value is -3.09. The lowest BCUT2D eigenvalue weighted by molar-refractivity contribution is -0.143. The number of halogens is 7. The average Bonchev–Trinajstić information content (AvgIpc) is 2.83. The van der Waals surface area contributed by atoms with Gasteiger partial charge in [-0.3, -0.25) is 9.80 Å². The van der Waals surface area contributed by atoms with Crippen LogP contribution in [0.3, 0.4) is 0 Å². The number of aromatic nitrogens is 1. The minimum atomic E-state index is -4.99. The molecule has 39 heavy (non-hydrogen) atoms. The molecule has 0 spiro atoms. The molecule has 1 aromatic heterocycles. The summed E-state index contributed by atoms with van der Waals surface area (Å²) in [6.45, 7) is 4.37. The number of fused-ring (bicyclic) bond motifs is 1. The summed E-state index contributed by atoms with van der Waals surface area (Å²) in [5, 5.41) is 3.68. The van der Waals surface area contributed by atoms with Gasteiger partial charge in [0.1, 0.15) is 5.15 Å². The first-order chi connectivity index (χ1) is 18.4. The van der Waals surface area contributed by atoms with Gasteiger partial charge < -0.3 is 10.2 Å². The maximum Gasteiger partial charge on any atom is 0.416 e. The van der Waals surface area contributed by atoms with E-state index in [1.54, 1.807) is 0 Å². The molecule has 2 aromatic carbocycles. The van der Waals surface area contributed by atoms with E-state index >= 15 is 0 Å². The number of carbonyl (C=O) groups is 1. The molecular weight excluding hydrogens is 548 g/mol. The molecule has 2 amide bonds. The second kappa shape index (κ2) is 10.5. The van der Waals surface area contributed by atoms with E-state index in [2.05, 4.69) is 20.1 Å². The SMILES string of the molecule is O=C(Nc1cc(C(F)(F)F)cc(C(F)(F)F)c1)N1CC(N2CCN(Cc3cc4ccccc4nc3Cl)CC2)C1. The number of alkyl halides is 6. The van der Waals surface area contributed by atoms with Crippen molar-refractivity contribution in [1.29, 1.82) is 0 Å². The van der Waals surface area contributed by atoms with Crippen LogP contribution < -0.4 is 5.32 Å². The van der Waals surface area contributed by atoms with E-state index in [-0.39, 0.29) is 12.1 Å². The van der Waals surface area contributed by atoms with Crippen molar-refractivity contribution in [2.24, 2.45) is 0 Å². The minimum Gasteiger partial charge on any atom is -0.321 e. The average molecular weight is 572 g/mol. The van der Waals surface area contributed by atoms with Gasteiger partial charge in [-0.1, -0.05) is 29.8 Å². The maximum atomic E-state index is 13.1. The molecule has 208 valence electrons. The third-order valence-electron chi connectivity index (χ3n) is 7.06. The second-order valence-corrected chi connectivity index (χ2v) is 10.1. The number of carbonyl (C=O) groups excluding carboxylic acids is 1. The first-order valence-electron chi connectivity index (χ1n) is 12.2. The van der Waals surface area contributed by atoms with Crippen molar-refractivity contribution in [2.45, 2.75) is 24.9 Å². The molecule has 0 radical (unpaired) electrons. The maximum absolute atomic E-state index is 13.1. The molecule has 2 saturated heterocycles. The molecule has 0 atom stereocenters.